The van der Waals surface area contributed by atoms with E-state index in [9.17, 15) is 9.59 Å². The summed E-state index contributed by atoms with van der Waals surface area (Å²) in [6, 6.07) is 22.7. The Morgan fingerprint density at radius 3 is 2.31 bits per heavy atom. The average molecular weight is 503 g/mol. The number of amides is 2. The number of hydrogen-bond acceptors (Lipinski definition) is 4. The van der Waals surface area contributed by atoms with Crippen LogP contribution in [0.15, 0.2) is 72.8 Å². The van der Waals surface area contributed by atoms with Crippen LogP contribution in [0.3, 0.4) is 0 Å². The number of carbonyl (C=O) groups excluding carboxylic acids is 2. The van der Waals surface area contributed by atoms with Gasteiger partial charge in [-0.2, -0.15) is 0 Å². The molecule has 7 heteroatoms. The highest BCUT2D eigenvalue weighted by molar-refractivity contribution is 6.34. The smallest absolute Gasteiger partial charge is 0.258 e. The Labute approximate surface area is 217 Å². The van der Waals surface area contributed by atoms with Gasteiger partial charge < -0.3 is 15.1 Å². The van der Waals surface area contributed by atoms with Crippen molar-refractivity contribution in [1.82, 2.24) is 9.80 Å². The van der Waals surface area contributed by atoms with Crippen LogP contribution in [0.1, 0.15) is 45.2 Å². The number of benzene rings is 3. The first-order valence-corrected chi connectivity index (χ1v) is 12.9. The lowest BCUT2D eigenvalue weighted by Gasteiger charge is -2.38. The van der Waals surface area contributed by atoms with E-state index in [1.165, 1.54) is 5.56 Å². The van der Waals surface area contributed by atoms with E-state index in [-0.39, 0.29) is 11.8 Å². The molecule has 2 amide bonds. The molecule has 0 radical (unpaired) electrons. The van der Waals surface area contributed by atoms with E-state index in [0.29, 0.717) is 34.4 Å². The number of anilines is 2. The summed E-state index contributed by atoms with van der Waals surface area (Å²) >= 11 is 6.14. The van der Waals surface area contributed by atoms with Crippen molar-refractivity contribution in [2.45, 2.75) is 18.9 Å². The maximum atomic E-state index is 13.6. The molecule has 0 bridgehead atoms. The molecule has 1 N–H and O–H groups in total. The van der Waals surface area contributed by atoms with E-state index < -0.39 is 0 Å². The highest BCUT2D eigenvalue weighted by atomic mass is 35.5. The summed E-state index contributed by atoms with van der Waals surface area (Å²) in [5.74, 6) is -0.304. The van der Waals surface area contributed by atoms with E-state index in [1.54, 1.807) is 48.5 Å². The normalized spacial score (nSPS) is 18.8. The van der Waals surface area contributed by atoms with Crippen molar-refractivity contribution in [2.24, 2.45) is 0 Å². The number of nitrogens with one attached hydrogen (secondary N) is 1. The summed E-state index contributed by atoms with van der Waals surface area (Å²) in [6.07, 6.45) is 1.99. The first kappa shape index (κ1) is 24.5. The fourth-order valence-electron chi connectivity index (χ4n) is 5.15. The van der Waals surface area contributed by atoms with Crippen LogP contribution in [-0.4, -0.2) is 61.4 Å². The summed E-state index contributed by atoms with van der Waals surface area (Å²) in [7, 11) is 2.17. The minimum atomic E-state index is -0.281. The Morgan fingerprint density at radius 1 is 0.861 bits per heavy atom. The maximum Gasteiger partial charge on any atom is 0.258 e. The Kier molecular flexibility index (Phi) is 7.37. The van der Waals surface area contributed by atoms with Crippen molar-refractivity contribution in [3.05, 3.63) is 94.5 Å². The molecule has 0 aliphatic carbocycles. The minimum absolute atomic E-state index is 0.0227. The number of fused-ring (bicyclic) bond motifs is 1. The largest absolute Gasteiger partial charge is 0.322 e. The molecule has 1 saturated heterocycles. The Morgan fingerprint density at radius 2 is 1.56 bits per heavy atom. The van der Waals surface area contributed by atoms with Gasteiger partial charge in [0.15, 0.2) is 0 Å². The third-order valence-corrected chi connectivity index (χ3v) is 7.51. The molecule has 2 aliphatic heterocycles. The van der Waals surface area contributed by atoms with E-state index in [0.717, 1.165) is 44.7 Å². The predicted molar refractivity (Wildman–Crippen MR) is 145 cm³/mol. The van der Waals surface area contributed by atoms with Gasteiger partial charge in [0.2, 0.25) is 0 Å². The number of hydrogen-bond donors (Lipinski definition) is 1. The molecule has 2 aliphatic rings. The fourth-order valence-corrected chi connectivity index (χ4v) is 5.37. The second-order valence-corrected chi connectivity index (χ2v) is 9.93. The van der Waals surface area contributed by atoms with Gasteiger partial charge in [-0.15, -0.1) is 0 Å². The van der Waals surface area contributed by atoms with E-state index in [1.807, 2.05) is 11.0 Å². The molecular formula is C29H31ClN4O2. The van der Waals surface area contributed by atoms with Gasteiger partial charge >= 0.3 is 0 Å². The fraction of sp³-hybridized carbons (Fsp3) is 0.310. The van der Waals surface area contributed by atoms with Gasteiger partial charge in [0.1, 0.15) is 0 Å². The molecule has 0 aromatic heterocycles. The average Bonchev–Trinajstić information content (AvgIpc) is 3.09. The third kappa shape index (κ3) is 5.16. The van der Waals surface area contributed by atoms with Gasteiger partial charge in [0.05, 0.1) is 10.6 Å². The summed E-state index contributed by atoms with van der Waals surface area (Å²) in [4.78, 5) is 33.1. The summed E-state index contributed by atoms with van der Waals surface area (Å²) in [6.45, 7) is 4.92. The van der Waals surface area contributed by atoms with Crippen molar-refractivity contribution in [3.63, 3.8) is 0 Å². The molecule has 6 nitrogen and oxygen atoms in total. The van der Waals surface area contributed by atoms with Crippen molar-refractivity contribution in [1.29, 1.82) is 0 Å². The SMILES string of the molecule is CN1CCN(C2CCCN(C(=O)c3ccc(NC(=O)c4ccccc4Cl)cc3)c3ccccc32)CC1. The zero-order valence-electron chi connectivity index (χ0n) is 20.5. The number of rotatable bonds is 4. The summed E-state index contributed by atoms with van der Waals surface area (Å²) < 4.78 is 0. The molecule has 2 heterocycles. The molecule has 5 rings (SSSR count). The van der Waals surface area contributed by atoms with Crippen molar-refractivity contribution in [2.75, 3.05) is 50.0 Å². The molecule has 3 aromatic carbocycles. The van der Waals surface area contributed by atoms with Crippen molar-refractivity contribution in [3.8, 4) is 0 Å². The number of piperazine rings is 1. The Balaban J connectivity index is 1.34. The zero-order chi connectivity index (χ0) is 25.1. The lowest BCUT2D eigenvalue weighted by Crippen LogP contribution is -2.45. The number of carbonyl (C=O) groups is 2. The minimum Gasteiger partial charge on any atom is -0.322 e. The second kappa shape index (κ2) is 10.8. The van der Waals surface area contributed by atoms with Gasteiger partial charge in [-0.25, -0.2) is 0 Å². The van der Waals surface area contributed by atoms with Crippen LogP contribution < -0.4 is 10.2 Å². The topological polar surface area (TPSA) is 55.9 Å². The third-order valence-electron chi connectivity index (χ3n) is 7.18. The first-order valence-electron chi connectivity index (χ1n) is 12.5. The highest BCUT2D eigenvalue weighted by Crippen LogP contribution is 2.37. The number of nitrogens with zero attached hydrogens (tertiary/aromatic N) is 3. The molecule has 1 unspecified atom stereocenters. The van der Waals surface area contributed by atoms with Gasteiger partial charge in [0, 0.05) is 55.7 Å². The predicted octanol–water partition coefficient (Wildman–Crippen LogP) is 5.32. The van der Waals surface area contributed by atoms with Gasteiger partial charge in [-0.3, -0.25) is 14.5 Å². The lowest BCUT2D eigenvalue weighted by atomic mass is 9.99. The van der Waals surface area contributed by atoms with Crippen LogP contribution in [-0.2, 0) is 0 Å². The molecule has 186 valence electrons. The van der Waals surface area contributed by atoms with Crippen LogP contribution in [0.2, 0.25) is 5.02 Å². The van der Waals surface area contributed by atoms with Crippen LogP contribution in [0, 0.1) is 0 Å². The highest BCUT2D eigenvalue weighted by Gasteiger charge is 2.31. The monoisotopic (exact) mass is 502 g/mol. The molecule has 0 spiro atoms. The quantitative estimate of drug-likeness (QED) is 0.524. The van der Waals surface area contributed by atoms with Crippen LogP contribution >= 0.6 is 11.6 Å². The van der Waals surface area contributed by atoms with Crippen molar-refractivity contribution < 1.29 is 9.59 Å². The zero-order valence-corrected chi connectivity index (χ0v) is 21.2. The molecule has 1 fully saturated rings. The van der Waals surface area contributed by atoms with E-state index in [4.69, 9.17) is 11.6 Å². The summed E-state index contributed by atoms with van der Waals surface area (Å²) in [5, 5.41) is 3.26. The number of likely N-dealkylation sites (N-methyl/N-ethyl adjacent to an activating group) is 1. The first-order chi connectivity index (χ1) is 17.5. The molecule has 3 aromatic rings. The maximum absolute atomic E-state index is 13.6. The number of halogens is 1. The Hall–Kier alpha value is -3.19. The standard InChI is InChI=1S/C29H31ClN4O2/c1-32-17-19-33(20-18-32)26-11-6-16-34(27-10-5-3-8-24(26)27)29(36)21-12-14-22(15-13-21)31-28(35)23-7-2-4-9-25(23)30/h2-5,7-10,12-15,26H,6,11,16-20H2,1H3,(H,31,35). The van der Waals surface area contributed by atoms with Gasteiger partial charge in [-0.1, -0.05) is 41.9 Å². The Bertz CT molecular complexity index is 1240. The molecule has 0 saturated carbocycles. The molecule has 36 heavy (non-hydrogen) atoms. The molecule has 1 atom stereocenters. The van der Waals surface area contributed by atoms with Crippen LogP contribution in [0.25, 0.3) is 0 Å². The van der Waals surface area contributed by atoms with Gasteiger partial charge in [0.25, 0.3) is 11.8 Å². The van der Waals surface area contributed by atoms with Crippen LogP contribution in [0.5, 0.6) is 0 Å². The molecular weight excluding hydrogens is 472 g/mol. The van der Waals surface area contributed by atoms with Crippen molar-refractivity contribution >= 4 is 34.8 Å². The summed E-state index contributed by atoms with van der Waals surface area (Å²) in [5.41, 5.74) is 3.86. The lowest BCUT2D eigenvalue weighted by molar-refractivity contribution is 0.0985. The van der Waals surface area contributed by atoms with E-state index in [2.05, 4.69) is 40.4 Å². The van der Waals surface area contributed by atoms with Gasteiger partial charge in [-0.05, 0) is 67.9 Å². The number of para-hydroxylation sites is 1. The second-order valence-electron chi connectivity index (χ2n) is 9.52. The van der Waals surface area contributed by atoms with Crippen LogP contribution in [0.4, 0.5) is 11.4 Å². The van der Waals surface area contributed by atoms with E-state index >= 15 is 0 Å².